The zero-order valence-electron chi connectivity index (χ0n) is 10.8. The summed E-state index contributed by atoms with van der Waals surface area (Å²) >= 11 is 0. The summed E-state index contributed by atoms with van der Waals surface area (Å²) in [4.78, 5) is 0. The SMILES string of the molecule is OCCOC1CCC(OC2CCCCC2)CC1. The van der Waals surface area contributed by atoms with Gasteiger partial charge in [-0.25, -0.2) is 0 Å². The van der Waals surface area contributed by atoms with Gasteiger partial charge in [0.15, 0.2) is 0 Å². The van der Waals surface area contributed by atoms with Gasteiger partial charge >= 0.3 is 0 Å². The topological polar surface area (TPSA) is 38.7 Å². The summed E-state index contributed by atoms with van der Waals surface area (Å²) in [6.07, 6.45) is 12.4. The highest BCUT2D eigenvalue weighted by Crippen LogP contribution is 2.28. The average Bonchev–Trinajstić information content (AvgIpc) is 2.39. The Bertz CT molecular complexity index is 194. The van der Waals surface area contributed by atoms with E-state index < -0.39 is 0 Å². The maximum atomic E-state index is 8.72. The second kappa shape index (κ2) is 7.34. The fraction of sp³-hybridized carbons (Fsp3) is 1.00. The van der Waals surface area contributed by atoms with Gasteiger partial charge in [0.1, 0.15) is 0 Å². The molecule has 0 unspecified atom stereocenters. The Balaban J connectivity index is 1.61. The molecule has 0 radical (unpaired) electrons. The van der Waals surface area contributed by atoms with Crippen LogP contribution in [0.25, 0.3) is 0 Å². The predicted molar refractivity (Wildman–Crippen MR) is 67.0 cm³/mol. The van der Waals surface area contributed by atoms with Gasteiger partial charge in [-0.1, -0.05) is 19.3 Å². The summed E-state index contributed by atoms with van der Waals surface area (Å²) in [6.45, 7) is 0.622. The molecular weight excluding hydrogens is 216 g/mol. The van der Waals surface area contributed by atoms with Crippen LogP contribution in [-0.4, -0.2) is 36.6 Å². The van der Waals surface area contributed by atoms with Gasteiger partial charge < -0.3 is 14.6 Å². The van der Waals surface area contributed by atoms with Crippen molar-refractivity contribution in [1.82, 2.24) is 0 Å². The van der Waals surface area contributed by atoms with Crippen molar-refractivity contribution < 1.29 is 14.6 Å². The summed E-state index contributed by atoms with van der Waals surface area (Å²) in [5, 5.41) is 8.72. The molecule has 0 aromatic heterocycles. The van der Waals surface area contributed by atoms with Crippen molar-refractivity contribution in [2.24, 2.45) is 0 Å². The van der Waals surface area contributed by atoms with Gasteiger partial charge in [0, 0.05) is 0 Å². The quantitative estimate of drug-likeness (QED) is 0.805. The molecule has 0 aromatic carbocycles. The van der Waals surface area contributed by atoms with Crippen molar-refractivity contribution in [2.75, 3.05) is 13.2 Å². The lowest BCUT2D eigenvalue weighted by atomic mass is 9.93. The molecule has 0 aliphatic heterocycles. The Hall–Kier alpha value is -0.120. The van der Waals surface area contributed by atoms with Crippen LogP contribution in [0.4, 0.5) is 0 Å². The van der Waals surface area contributed by atoms with Crippen molar-refractivity contribution in [3.63, 3.8) is 0 Å². The van der Waals surface area contributed by atoms with Crippen LogP contribution < -0.4 is 0 Å². The third-order valence-electron chi connectivity index (χ3n) is 4.00. The molecule has 3 heteroatoms. The molecular formula is C14H26O3. The van der Waals surface area contributed by atoms with Gasteiger partial charge in [0.05, 0.1) is 31.5 Å². The first kappa shape index (κ1) is 13.3. The lowest BCUT2D eigenvalue weighted by Crippen LogP contribution is -2.31. The predicted octanol–water partition coefficient (Wildman–Crippen LogP) is 2.66. The summed E-state index contributed by atoms with van der Waals surface area (Å²) < 4.78 is 11.7. The molecule has 100 valence electrons. The molecule has 0 amide bonds. The second-order valence-electron chi connectivity index (χ2n) is 5.39. The fourth-order valence-corrected chi connectivity index (χ4v) is 3.03. The lowest BCUT2D eigenvalue weighted by Gasteiger charge is -2.32. The molecule has 0 bridgehead atoms. The molecule has 1 N–H and O–H groups in total. The van der Waals surface area contributed by atoms with Gasteiger partial charge in [-0.3, -0.25) is 0 Å². The number of aliphatic hydroxyl groups is 1. The normalized spacial score (nSPS) is 31.6. The number of rotatable bonds is 5. The monoisotopic (exact) mass is 242 g/mol. The van der Waals surface area contributed by atoms with Crippen LogP contribution in [-0.2, 0) is 9.47 Å². The summed E-state index contributed by atoms with van der Waals surface area (Å²) in [5.41, 5.74) is 0. The van der Waals surface area contributed by atoms with E-state index in [1.54, 1.807) is 0 Å². The molecule has 2 aliphatic carbocycles. The van der Waals surface area contributed by atoms with Gasteiger partial charge in [-0.05, 0) is 38.5 Å². The van der Waals surface area contributed by atoms with E-state index in [1.807, 2.05) is 0 Å². The van der Waals surface area contributed by atoms with Crippen molar-refractivity contribution in [3.05, 3.63) is 0 Å². The first-order valence-corrected chi connectivity index (χ1v) is 7.26. The van der Waals surface area contributed by atoms with E-state index in [2.05, 4.69) is 0 Å². The minimum absolute atomic E-state index is 0.137. The van der Waals surface area contributed by atoms with Gasteiger partial charge in [-0.2, -0.15) is 0 Å². The molecule has 3 nitrogen and oxygen atoms in total. The molecule has 0 aromatic rings. The number of hydrogen-bond donors (Lipinski definition) is 1. The Labute approximate surface area is 104 Å². The highest BCUT2D eigenvalue weighted by molar-refractivity contribution is 4.75. The molecule has 2 saturated carbocycles. The average molecular weight is 242 g/mol. The smallest absolute Gasteiger partial charge is 0.0701 e. The minimum atomic E-state index is 0.137. The maximum Gasteiger partial charge on any atom is 0.0701 e. The summed E-state index contributed by atoms with van der Waals surface area (Å²) in [6, 6.07) is 0. The van der Waals surface area contributed by atoms with Crippen LogP contribution in [0.3, 0.4) is 0 Å². The lowest BCUT2D eigenvalue weighted by molar-refractivity contribution is -0.0741. The van der Waals surface area contributed by atoms with E-state index in [-0.39, 0.29) is 6.61 Å². The third-order valence-corrected chi connectivity index (χ3v) is 4.00. The summed E-state index contributed by atoms with van der Waals surface area (Å²) in [5.74, 6) is 0. The van der Waals surface area contributed by atoms with Crippen LogP contribution in [0.2, 0.25) is 0 Å². The minimum Gasteiger partial charge on any atom is -0.394 e. The molecule has 0 saturated heterocycles. The number of aliphatic hydroxyl groups excluding tert-OH is 1. The number of hydrogen-bond acceptors (Lipinski definition) is 3. The fourth-order valence-electron chi connectivity index (χ4n) is 3.03. The van der Waals surface area contributed by atoms with Gasteiger partial charge in [0.2, 0.25) is 0 Å². The van der Waals surface area contributed by atoms with Crippen LogP contribution in [0.1, 0.15) is 57.8 Å². The highest BCUT2D eigenvalue weighted by Gasteiger charge is 2.25. The second-order valence-corrected chi connectivity index (χ2v) is 5.39. The summed E-state index contributed by atoms with van der Waals surface area (Å²) in [7, 11) is 0. The van der Waals surface area contributed by atoms with E-state index in [1.165, 1.54) is 32.1 Å². The molecule has 2 rings (SSSR count). The van der Waals surface area contributed by atoms with Gasteiger partial charge in [0.25, 0.3) is 0 Å². The standard InChI is InChI=1S/C14H26O3/c15-10-11-16-12-6-8-14(9-7-12)17-13-4-2-1-3-5-13/h12-15H,1-11H2. The highest BCUT2D eigenvalue weighted by atomic mass is 16.5. The Kier molecular flexibility index (Phi) is 5.75. The first-order valence-electron chi connectivity index (χ1n) is 7.26. The Morgan fingerprint density at radius 1 is 0.765 bits per heavy atom. The van der Waals surface area contributed by atoms with Crippen LogP contribution in [0.15, 0.2) is 0 Å². The Morgan fingerprint density at radius 2 is 1.35 bits per heavy atom. The van der Waals surface area contributed by atoms with E-state index in [0.717, 1.165) is 25.7 Å². The molecule has 0 heterocycles. The van der Waals surface area contributed by atoms with Gasteiger partial charge in [-0.15, -0.1) is 0 Å². The van der Waals surface area contributed by atoms with Crippen molar-refractivity contribution >= 4 is 0 Å². The third kappa shape index (κ3) is 4.57. The largest absolute Gasteiger partial charge is 0.394 e. The molecule has 0 atom stereocenters. The van der Waals surface area contributed by atoms with Crippen molar-refractivity contribution in [2.45, 2.75) is 76.1 Å². The molecule has 2 fully saturated rings. The van der Waals surface area contributed by atoms with Crippen molar-refractivity contribution in [3.8, 4) is 0 Å². The van der Waals surface area contributed by atoms with Crippen molar-refractivity contribution in [1.29, 1.82) is 0 Å². The van der Waals surface area contributed by atoms with Crippen LogP contribution in [0.5, 0.6) is 0 Å². The van der Waals surface area contributed by atoms with Crippen LogP contribution >= 0.6 is 0 Å². The zero-order valence-corrected chi connectivity index (χ0v) is 10.8. The molecule has 17 heavy (non-hydrogen) atoms. The molecule has 0 spiro atoms. The Morgan fingerprint density at radius 3 is 2.00 bits per heavy atom. The molecule has 2 aliphatic rings. The van der Waals surface area contributed by atoms with E-state index >= 15 is 0 Å². The number of ether oxygens (including phenoxy) is 2. The maximum absolute atomic E-state index is 8.72. The van der Waals surface area contributed by atoms with E-state index in [4.69, 9.17) is 14.6 Å². The zero-order chi connectivity index (χ0) is 11.9. The first-order chi connectivity index (χ1) is 8.38. The van der Waals surface area contributed by atoms with E-state index in [0.29, 0.717) is 24.9 Å². The van der Waals surface area contributed by atoms with E-state index in [9.17, 15) is 0 Å². The van der Waals surface area contributed by atoms with Crippen LogP contribution in [0, 0.1) is 0 Å².